The van der Waals surface area contributed by atoms with Crippen molar-refractivity contribution >= 4 is 23.8 Å². The summed E-state index contributed by atoms with van der Waals surface area (Å²) in [4.78, 5) is 30.1. The van der Waals surface area contributed by atoms with Crippen molar-refractivity contribution in [3.8, 4) is 28.7 Å². The van der Waals surface area contributed by atoms with Crippen LogP contribution in [0.2, 0.25) is 0 Å². The Kier molecular flexibility index (Phi) is 19.4. The summed E-state index contributed by atoms with van der Waals surface area (Å²) in [7, 11) is 0. The number of benzene rings is 4. The maximum absolute atomic E-state index is 12.9. The molecule has 0 atom stereocenters. The monoisotopic (exact) mass is 749 g/mol. The van der Waals surface area contributed by atoms with Gasteiger partial charge in [0.15, 0.2) is 0 Å². The molecule has 0 saturated carbocycles. The number of nitrogens with zero attached hydrogens (tertiary/aromatic N) is 1. The first-order valence-electron chi connectivity index (χ1n) is 20.3. The van der Waals surface area contributed by atoms with Gasteiger partial charge in [0.2, 0.25) is 0 Å². The number of hydrogen-bond acceptors (Lipinski definition) is 8. The first-order valence-corrected chi connectivity index (χ1v) is 20.3. The summed E-state index contributed by atoms with van der Waals surface area (Å²) in [6.45, 7) is 5.74. The summed E-state index contributed by atoms with van der Waals surface area (Å²) < 4.78 is 22.8. The number of unbranched alkanes of at least 4 members (excludes halogenated alkanes) is 14. The van der Waals surface area contributed by atoms with Crippen molar-refractivity contribution in [2.75, 3.05) is 13.2 Å². The van der Waals surface area contributed by atoms with Gasteiger partial charge in [-0.2, -0.15) is 0 Å². The van der Waals surface area contributed by atoms with Crippen LogP contribution in [0.3, 0.4) is 0 Å². The molecule has 0 aliphatic heterocycles. The van der Waals surface area contributed by atoms with Crippen LogP contribution in [0.5, 0.6) is 28.7 Å². The van der Waals surface area contributed by atoms with Gasteiger partial charge in [-0.25, -0.2) is 9.59 Å². The van der Waals surface area contributed by atoms with Crippen LogP contribution in [-0.4, -0.2) is 36.5 Å². The van der Waals surface area contributed by atoms with Gasteiger partial charge in [0.05, 0.1) is 30.0 Å². The number of rotatable bonds is 26. The summed E-state index contributed by atoms with van der Waals surface area (Å²) in [5.41, 5.74) is 1.86. The molecular weight excluding hydrogens is 691 g/mol. The van der Waals surface area contributed by atoms with Crippen molar-refractivity contribution in [1.82, 2.24) is 0 Å². The Labute approximate surface area is 327 Å². The van der Waals surface area contributed by atoms with Crippen molar-refractivity contribution in [1.29, 1.82) is 0 Å². The molecule has 294 valence electrons. The van der Waals surface area contributed by atoms with E-state index in [1.807, 2.05) is 6.07 Å². The zero-order valence-electron chi connectivity index (χ0n) is 32.8. The molecule has 4 rings (SSSR count). The van der Waals surface area contributed by atoms with Crippen molar-refractivity contribution in [2.45, 2.75) is 117 Å². The van der Waals surface area contributed by atoms with Gasteiger partial charge in [0.1, 0.15) is 28.7 Å². The molecule has 0 amide bonds. The third kappa shape index (κ3) is 16.4. The lowest BCUT2D eigenvalue weighted by Gasteiger charge is -2.09. The highest BCUT2D eigenvalue weighted by Gasteiger charge is 2.13. The molecule has 4 aromatic carbocycles. The fraction of sp³-hybridized carbons (Fsp3) is 0.426. The van der Waals surface area contributed by atoms with E-state index in [1.54, 1.807) is 85.1 Å². The summed E-state index contributed by atoms with van der Waals surface area (Å²) in [6, 6.07) is 25.1. The molecule has 4 aromatic rings. The lowest BCUT2D eigenvalue weighted by molar-refractivity contribution is 0.0733. The average molecular weight is 750 g/mol. The van der Waals surface area contributed by atoms with Crippen molar-refractivity contribution in [3.05, 3.63) is 108 Å². The molecule has 0 spiro atoms. The molecule has 8 nitrogen and oxygen atoms in total. The standard InChI is InChI=1S/C47H59NO7/c1-3-5-7-9-11-13-15-17-32-52-41-29-24-38(25-30-41)47(51)55-44-21-19-20-43(34-44)54-46(50)37-22-27-40(28-23-37)48-36-39-26-31-42(35-45(39)49)53-33-18-16-14-12-10-8-6-4-2/h19-31,34-36,49H,3-18,32-33H2,1-2H3. The molecule has 55 heavy (non-hydrogen) atoms. The van der Waals surface area contributed by atoms with Gasteiger partial charge in [-0.1, -0.05) is 110 Å². The zero-order chi connectivity index (χ0) is 38.9. The zero-order valence-corrected chi connectivity index (χ0v) is 32.8. The highest BCUT2D eigenvalue weighted by atomic mass is 16.5. The number of aliphatic imine (C=N–C) groups is 1. The van der Waals surface area contributed by atoms with E-state index in [0.717, 1.165) is 25.7 Å². The third-order valence-electron chi connectivity index (χ3n) is 9.31. The normalized spacial score (nSPS) is 11.1. The van der Waals surface area contributed by atoms with Crippen LogP contribution in [-0.2, 0) is 0 Å². The predicted molar refractivity (Wildman–Crippen MR) is 221 cm³/mol. The molecule has 0 aliphatic rings. The summed E-state index contributed by atoms with van der Waals surface area (Å²) in [5.74, 6) is 0.820. The van der Waals surface area contributed by atoms with Crippen molar-refractivity contribution in [3.63, 3.8) is 0 Å². The molecular formula is C47H59NO7. The largest absolute Gasteiger partial charge is 0.507 e. The second-order valence-corrected chi connectivity index (χ2v) is 14.0. The number of phenolic OH excluding ortho intramolecular Hbond substituents is 1. The highest BCUT2D eigenvalue weighted by Crippen LogP contribution is 2.25. The molecule has 0 heterocycles. The lowest BCUT2D eigenvalue weighted by Crippen LogP contribution is -2.10. The fourth-order valence-corrected chi connectivity index (χ4v) is 6.02. The SMILES string of the molecule is CCCCCCCCCCOc1ccc(C(=O)Oc2cccc(OC(=O)c3ccc(N=Cc4ccc(OCCCCCCCCCC)cc4O)cc3)c2)cc1. The van der Waals surface area contributed by atoms with E-state index in [0.29, 0.717) is 47.1 Å². The van der Waals surface area contributed by atoms with Crippen LogP contribution in [0.4, 0.5) is 5.69 Å². The second-order valence-electron chi connectivity index (χ2n) is 14.0. The van der Waals surface area contributed by atoms with E-state index in [-0.39, 0.29) is 17.2 Å². The van der Waals surface area contributed by atoms with Gasteiger partial charge in [-0.15, -0.1) is 0 Å². The van der Waals surface area contributed by atoms with E-state index in [4.69, 9.17) is 18.9 Å². The average Bonchev–Trinajstić information content (AvgIpc) is 3.20. The van der Waals surface area contributed by atoms with Crippen LogP contribution < -0.4 is 18.9 Å². The Morgan fingerprint density at radius 3 is 1.49 bits per heavy atom. The lowest BCUT2D eigenvalue weighted by atomic mass is 10.1. The highest BCUT2D eigenvalue weighted by molar-refractivity contribution is 5.92. The number of ether oxygens (including phenoxy) is 4. The Bertz CT molecular complexity index is 1730. The molecule has 0 unspecified atom stereocenters. The van der Waals surface area contributed by atoms with Crippen LogP contribution >= 0.6 is 0 Å². The molecule has 0 fully saturated rings. The fourth-order valence-electron chi connectivity index (χ4n) is 6.02. The Morgan fingerprint density at radius 2 is 0.982 bits per heavy atom. The van der Waals surface area contributed by atoms with E-state index in [1.165, 1.54) is 83.1 Å². The maximum Gasteiger partial charge on any atom is 0.343 e. The third-order valence-corrected chi connectivity index (χ3v) is 9.31. The molecule has 0 aliphatic carbocycles. The first-order chi connectivity index (χ1) is 26.9. The number of carbonyl (C=O) groups excluding carboxylic acids is 2. The molecule has 0 aromatic heterocycles. The van der Waals surface area contributed by atoms with Crippen LogP contribution in [0, 0.1) is 0 Å². The van der Waals surface area contributed by atoms with Crippen LogP contribution in [0.1, 0.15) is 143 Å². The predicted octanol–water partition coefficient (Wildman–Crippen LogP) is 12.6. The van der Waals surface area contributed by atoms with Gasteiger partial charge >= 0.3 is 11.9 Å². The van der Waals surface area contributed by atoms with E-state index < -0.39 is 11.9 Å². The van der Waals surface area contributed by atoms with Crippen molar-refractivity contribution in [2.24, 2.45) is 4.99 Å². The Balaban J connectivity index is 1.17. The van der Waals surface area contributed by atoms with Crippen molar-refractivity contribution < 1.29 is 33.6 Å². The smallest absolute Gasteiger partial charge is 0.343 e. The molecule has 1 N–H and O–H groups in total. The Morgan fingerprint density at radius 1 is 0.527 bits per heavy atom. The minimum atomic E-state index is -0.568. The molecule has 0 saturated heterocycles. The number of phenols is 1. The number of carbonyl (C=O) groups is 2. The van der Waals surface area contributed by atoms with Gasteiger partial charge in [-0.05, 0) is 85.6 Å². The van der Waals surface area contributed by atoms with E-state index in [9.17, 15) is 14.7 Å². The van der Waals surface area contributed by atoms with E-state index >= 15 is 0 Å². The van der Waals surface area contributed by atoms with Gasteiger partial charge in [0.25, 0.3) is 0 Å². The Hall–Kier alpha value is -5.11. The summed E-state index contributed by atoms with van der Waals surface area (Å²) in [5, 5.41) is 10.5. The molecule has 0 radical (unpaired) electrons. The minimum Gasteiger partial charge on any atom is -0.507 e. The quantitative estimate of drug-likeness (QED) is 0.0295. The van der Waals surface area contributed by atoms with E-state index in [2.05, 4.69) is 18.8 Å². The molecule has 0 bridgehead atoms. The van der Waals surface area contributed by atoms with Crippen LogP contribution in [0.15, 0.2) is 96.0 Å². The molecule has 8 heteroatoms. The minimum absolute atomic E-state index is 0.0809. The summed E-state index contributed by atoms with van der Waals surface area (Å²) in [6.07, 6.45) is 21.4. The van der Waals surface area contributed by atoms with Crippen LogP contribution in [0.25, 0.3) is 0 Å². The maximum atomic E-state index is 12.9. The topological polar surface area (TPSA) is 104 Å². The first kappa shape index (κ1) is 42.6. The van der Waals surface area contributed by atoms with Gasteiger partial charge < -0.3 is 24.1 Å². The second kappa shape index (κ2) is 25.1. The number of aromatic hydroxyl groups is 1. The number of esters is 2. The summed E-state index contributed by atoms with van der Waals surface area (Å²) >= 11 is 0. The van der Waals surface area contributed by atoms with Gasteiger partial charge in [0, 0.05) is 23.9 Å². The van der Waals surface area contributed by atoms with Gasteiger partial charge in [-0.3, -0.25) is 4.99 Å². The number of hydrogen-bond donors (Lipinski definition) is 1.